The molecule has 13 heteroatoms. The fourth-order valence-electron chi connectivity index (χ4n) is 10.8. The Bertz CT molecular complexity index is 1750. The van der Waals surface area contributed by atoms with Crippen LogP contribution in [0.1, 0.15) is 132 Å². The van der Waals surface area contributed by atoms with Crippen LogP contribution in [0.2, 0.25) is 0 Å². The highest BCUT2D eigenvalue weighted by molar-refractivity contribution is 6.39. The second-order valence-corrected chi connectivity index (χ2v) is 20.4. The zero-order chi connectivity index (χ0) is 48.2. The van der Waals surface area contributed by atoms with Gasteiger partial charge >= 0.3 is 0 Å². The van der Waals surface area contributed by atoms with Crippen molar-refractivity contribution < 1.29 is 59.0 Å². The van der Waals surface area contributed by atoms with Crippen LogP contribution in [0.5, 0.6) is 0 Å². The molecule has 3 aliphatic heterocycles. The number of Topliss-reactive ketones (excluding diaryl/α,β-unsaturated/α-hetero) is 4. The Kier molecular flexibility index (Phi) is 21.2. The van der Waals surface area contributed by atoms with Crippen LogP contribution in [0.25, 0.3) is 0 Å². The average Bonchev–Trinajstić information content (AvgIpc) is 3.28. The molecule has 2 saturated heterocycles. The maximum Gasteiger partial charge on any atom is 0.296 e. The first-order valence-electron chi connectivity index (χ1n) is 24.4. The second kappa shape index (κ2) is 25.3. The quantitative estimate of drug-likeness (QED) is 0.194. The summed E-state index contributed by atoms with van der Waals surface area (Å²) in [5.41, 5.74) is 1.23. The molecule has 0 spiro atoms. The highest BCUT2D eigenvalue weighted by atomic mass is 16.6. The van der Waals surface area contributed by atoms with Crippen molar-refractivity contribution in [1.82, 2.24) is 4.90 Å². The Morgan fingerprint density at radius 2 is 1.60 bits per heavy atom. The van der Waals surface area contributed by atoms with E-state index in [0.29, 0.717) is 69.8 Å². The van der Waals surface area contributed by atoms with Crippen LogP contribution in [-0.4, -0.2) is 123 Å². The monoisotopic (exact) mass is 912 g/mol. The summed E-state index contributed by atoms with van der Waals surface area (Å²) in [5, 5.41) is 54.2. The lowest BCUT2D eigenvalue weighted by atomic mass is 9.72. The number of rotatable bonds is 6. The van der Waals surface area contributed by atoms with Crippen molar-refractivity contribution in [2.45, 2.75) is 168 Å². The van der Waals surface area contributed by atoms with Crippen molar-refractivity contribution >= 4 is 29.0 Å². The molecule has 1 amide bonds. The smallest absolute Gasteiger partial charge is 0.296 e. The molecular formula is C52H81NO12. The molecule has 0 aromatic heterocycles. The number of piperidine rings is 1. The first kappa shape index (κ1) is 54.4. The Balaban J connectivity index is 1.70. The summed E-state index contributed by atoms with van der Waals surface area (Å²) in [5.74, 6) is -8.85. The molecule has 366 valence electrons. The molecule has 65 heavy (non-hydrogen) atoms. The SMILES string of the molecule is CO[C@@H]1C[C@@H]2CC[C@@H](C)[C@@](O)(O2)C(=O)C(=O)N2CCCC[C@H]2C(=O)C[C@H]([C@H](C)C[C@@H]2CC[C@@H](O)[C@H](CO)C2)CC(=O)/C(C)=C/C(C)[C@@H](O)[C@@H](CO)C(=O)[C@@H](C)C[C@H](C)C=CC=CC=C1C. The lowest BCUT2D eigenvalue weighted by molar-refractivity contribution is -0.265. The third-order valence-corrected chi connectivity index (χ3v) is 15.3. The number of carbonyl (C=O) groups is 5. The molecule has 15 atom stereocenters. The predicted octanol–water partition coefficient (Wildman–Crippen LogP) is 6.03. The standard InChI is InChI=1S/C52H81NO12/c1-31-14-10-9-11-15-32(2)47(64-8)28-41-19-17-37(7)52(63,65-41)50(61)51(62)53-21-13-12-16-43(53)46(58)27-39(33(3)24-38-18-20-44(56)40(25-38)29-54)26-45(57)34(4)23-36(6)49(60)42(30-55)48(59)35(5)22-31/h9-11,14-15,23,31,33,35-44,47,49,54-56,60,63H,12-13,16-22,24-30H2,1-8H3/b11-9?,14-10?,32-15?,34-23+/t31-,33-,35+,36?,37-,38+,39-,40+,41+,42+,43+,44-,47-,49-,52-/m1/s1. The number of aliphatic hydroxyl groups is 5. The van der Waals surface area contributed by atoms with Crippen LogP contribution in [0.4, 0.5) is 0 Å². The van der Waals surface area contributed by atoms with Gasteiger partial charge in [-0.25, -0.2) is 0 Å². The summed E-state index contributed by atoms with van der Waals surface area (Å²) in [6, 6.07) is -0.943. The van der Waals surface area contributed by atoms with Gasteiger partial charge in [0, 0.05) is 63.2 Å². The summed E-state index contributed by atoms with van der Waals surface area (Å²) in [6.45, 7) is 12.2. The van der Waals surface area contributed by atoms with Crippen molar-refractivity contribution in [3.8, 4) is 0 Å². The number of aliphatic hydroxyl groups excluding tert-OH is 4. The van der Waals surface area contributed by atoms with E-state index in [0.717, 1.165) is 12.0 Å². The van der Waals surface area contributed by atoms with Crippen LogP contribution in [0.15, 0.2) is 47.6 Å². The third-order valence-electron chi connectivity index (χ3n) is 15.3. The molecule has 0 aromatic carbocycles. The van der Waals surface area contributed by atoms with Crippen LogP contribution >= 0.6 is 0 Å². The number of methoxy groups -OCH3 is 1. The van der Waals surface area contributed by atoms with E-state index in [1.54, 1.807) is 40.9 Å². The van der Waals surface area contributed by atoms with Crippen LogP contribution in [-0.2, 0) is 33.4 Å². The topological polar surface area (TPSA) is 208 Å². The van der Waals surface area contributed by atoms with Gasteiger partial charge in [-0.2, -0.15) is 0 Å². The number of hydrogen-bond donors (Lipinski definition) is 5. The van der Waals surface area contributed by atoms with E-state index in [4.69, 9.17) is 9.47 Å². The highest BCUT2D eigenvalue weighted by Gasteiger charge is 2.53. The van der Waals surface area contributed by atoms with E-state index in [2.05, 4.69) is 0 Å². The summed E-state index contributed by atoms with van der Waals surface area (Å²) in [7, 11) is 1.58. The second-order valence-electron chi connectivity index (χ2n) is 20.4. The maximum atomic E-state index is 14.6. The zero-order valence-electron chi connectivity index (χ0n) is 40.4. The van der Waals surface area contributed by atoms with E-state index in [1.807, 2.05) is 51.2 Å². The van der Waals surface area contributed by atoms with Crippen molar-refractivity contribution in [3.05, 3.63) is 47.6 Å². The normalized spacial score (nSPS) is 38.8. The van der Waals surface area contributed by atoms with Crippen LogP contribution in [0.3, 0.4) is 0 Å². The minimum atomic E-state index is -2.40. The number of amides is 1. The summed E-state index contributed by atoms with van der Waals surface area (Å²) < 4.78 is 12.0. The van der Waals surface area contributed by atoms with Crippen molar-refractivity contribution in [1.29, 1.82) is 0 Å². The van der Waals surface area contributed by atoms with E-state index >= 15 is 0 Å². The van der Waals surface area contributed by atoms with Gasteiger partial charge < -0.3 is 39.9 Å². The Hall–Kier alpha value is -3.17. The maximum absolute atomic E-state index is 14.6. The van der Waals surface area contributed by atoms with E-state index in [9.17, 15) is 49.5 Å². The molecule has 0 aromatic rings. The summed E-state index contributed by atoms with van der Waals surface area (Å²) in [4.78, 5) is 72.1. The first-order valence-corrected chi connectivity index (χ1v) is 24.4. The number of hydrogen-bond acceptors (Lipinski definition) is 12. The molecule has 0 radical (unpaired) electrons. The largest absolute Gasteiger partial charge is 0.396 e. The molecule has 1 saturated carbocycles. The van der Waals surface area contributed by atoms with E-state index in [-0.39, 0.29) is 67.0 Å². The molecule has 4 aliphatic rings. The average molecular weight is 912 g/mol. The minimum Gasteiger partial charge on any atom is -0.396 e. The zero-order valence-corrected chi connectivity index (χ0v) is 40.4. The Labute approximate surface area is 387 Å². The minimum absolute atomic E-state index is 0.00285. The fourth-order valence-corrected chi connectivity index (χ4v) is 10.8. The van der Waals surface area contributed by atoms with Gasteiger partial charge in [-0.1, -0.05) is 71.1 Å². The van der Waals surface area contributed by atoms with Crippen LogP contribution < -0.4 is 0 Å². The molecule has 2 bridgehead atoms. The molecule has 13 nitrogen and oxygen atoms in total. The number of fused-ring (bicyclic) bond motifs is 3. The number of nitrogens with zero attached hydrogens (tertiary/aromatic N) is 1. The van der Waals surface area contributed by atoms with E-state index in [1.165, 1.54) is 4.90 Å². The van der Waals surface area contributed by atoms with Gasteiger partial charge in [-0.3, -0.25) is 24.0 Å². The predicted molar refractivity (Wildman–Crippen MR) is 248 cm³/mol. The van der Waals surface area contributed by atoms with Gasteiger partial charge in [0.15, 0.2) is 11.6 Å². The molecule has 1 aliphatic carbocycles. The summed E-state index contributed by atoms with van der Waals surface area (Å²) >= 11 is 0. The first-order chi connectivity index (χ1) is 30.7. The van der Waals surface area contributed by atoms with Crippen LogP contribution in [0, 0.1) is 53.3 Å². The molecule has 1 unspecified atom stereocenters. The number of carbonyl (C=O) groups excluding carboxylic acids is 5. The Morgan fingerprint density at radius 1 is 0.877 bits per heavy atom. The van der Waals surface area contributed by atoms with Crippen molar-refractivity contribution in [2.24, 2.45) is 53.3 Å². The molecule has 4 rings (SSSR count). The van der Waals surface area contributed by atoms with Gasteiger partial charge in [0.1, 0.15) is 5.78 Å². The number of ketones is 4. The summed E-state index contributed by atoms with van der Waals surface area (Å²) in [6.07, 6.45) is 14.1. The number of ether oxygens (including phenoxy) is 2. The lowest BCUT2D eigenvalue weighted by Crippen LogP contribution is -2.60. The Morgan fingerprint density at radius 3 is 2.28 bits per heavy atom. The van der Waals surface area contributed by atoms with Gasteiger partial charge in [-0.05, 0) is 113 Å². The van der Waals surface area contributed by atoms with Gasteiger partial charge in [-0.15, -0.1) is 0 Å². The van der Waals surface area contributed by atoms with Gasteiger partial charge in [0.25, 0.3) is 11.7 Å². The van der Waals surface area contributed by atoms with Gasteiger partial charge in [0.2, 0.25) is 5.79 Å². The fraction of sp³-hybridized carbons (Fsp3) is 0.750. The third kappa shape index (κ3) is 14.4. The van der Waals surface area contributed by atoms with E-state index < -0.39 is 84.1 Å². The highest BCUT2D eigenvalue weighted by Crippen LogP contribution is 2.39. The molecule has 5 N–H and O–H groups in total. The number of allylic oxidation sites excluding steroid dienone is 6. The van der Waals surface area contributed by atoms with Crippen molar-refractivity contribution in [3.63, 3.8) is 0 Å². The van der Waals surface area contributed by atoms with Crippen molar-refractivity contribution in [2.75, 3.05) is 26.9 Å². The molecule has 3 heterocycles. The molecule has 3 fully saturated rings. The molecular weight excluding hydrogens is 831 g/mol. The van der Waals surface area contributed by atoms with Gasteiger partial charge in [0.05, 0.1) is 43.0 Å². The lowest BCUT2D eigenvalue weighted by Gasteiger charge is -2.43.